The van der Waals surface area contributed by atoms with Gasteiger partial charge in [0.1, 0.15) is 0 Å². The molecule has 0 radical (unpaired) electrons. The molecule has 1 amide bonds. The fourth-order valence-electron chi connectivity index (χ4n) is 2.28. The minimum absolute atomic E-state index is 0.0297. The molecule has 0 heterocycles. The van der Waals surface area contributed by atoms with Crippen LogP contribution < -0.4 is 4.90 Å². The van der Waals surface area contributed by atoms with E-state index in [9.17, 15) is 4.79 Å². The molecule has 1 aromatic rings. The van der Waals surface area contributed by atoms with Crippen LogP contribution in [0.25, 0.3) is 0 Å². The lowest BCUT2D eigenvalue weighted by molar-refractivity contribution is -0.120. The maximum absolute atomic E-state index is 12.5. The first-order chi connectivity index (χ1) is 8.73. The molecule has 0 spiro atoms. The number of carbonyl (C=O) groups is 1. The Morgan fingerprint density at radius 1 is 1.11 bits per heavy atom. The summed E-state index contributed by atoms with van der Waals surface area (Å²) in [6.07, 6.45) is 1.56. The van der Waals surface area contributed by atoms with Gasteiger partial charge in [-0.3, -0.25) is 4.79 Å². The number of rotatable bonds is 4. The predicted octanol–water partition coefficient (Wildman–Crippen LogP) is 4.48. The topological polar surface area (TPSA) is 20.3 Å². The van der Waals surface area contributed by atoms with Gasteiger partial charge in [0.15, 0.2) is 0 Å². The van der Waals surface area contributed by atoms with Gasteiger partial charge in [-0.2, -0.15) is 0 Å². The molecule has 0 N–H and O–H groups in total. The summed E-state index contributed by atoms with van der Waals surface area (Å²) in [6, 6.07) is 6.34. The third-order valence-corrected chi connectivity index (χ3v) is 2.95. The first kappa shape index (κ1) is 15.7. The summed E-state index contributed by atoms with van der Waals surface area (Å²) >= 11 is 0. The number of nitrogens with zero attached hydrogens (tertiary/aromatic N) is 1. The molecule has 0 fully saturated rings. The number of amides is 1. The van der Waals surface area contributed by atoms with E-state index >= 15 is 0 Å². The molecule has 0 aliphatic rings. The Morgan fingerprint density at radius 2 is 1.63 bits per heavy atom. The summed E-state index contributed by atoms with van der Waals surface area (Å²) in [7, 11) is 0. The van der Waals surface area contributed by atoms with E-state index in [1.807, 2.05) is 4.90 Å². The van der Waals surface area contributed by atoms with Crippen LogP contribution in [0.3, 0.4) is 0 Å². The lowest BCUT2D eigenvalue weighted by Crippen LogP contribution is -2.34. The second-order valence-corrected chi connectivity index (χ2v) is 6.63. The van der Waals surface area contributed by atoms with Crippen molar-refractivity contribution < 1.29 is 4.79 Å². The van der Waals surface area contributed by atoms with Gasteiger partial charge in [-0.25, -0.2) is 0 Å². The minimum atomic E-state index is 0.0297. The van der Waals surface area contributed by atoms with Crippen molar-refractivity contribution in [2.75, 3.05) is 11.4 Å². The summed E-state index contributed by atoms with van der Waals surface area (Å²) in [4.78, 5) is 14.4. The van der Waals surface area contributed by atoms with Crippen molar-refractivity contribution in [1.29, 1.82) is 0 Å². The Bertz CT molecular complexity index is 423. The lowest BCUT2D eigenvalue weighted by Gasteiger charge is -2.27. The second-order valence-electron chi connectivity index (χ2n) is 6.63. The molecule has 0 aliphatic carbocycles. The van der Waals surface area contributed by atoms with Gasteiger partial charge in [0.2, 0.25) is 5.91 Å². The van der Waals surface area contributed by atoms with E-state index in [2.05, 4.69) is 59.7 Å². The molecule has 1 aromatic carbocycles. The van der Waals surface area contributed by atoms with Crippen molar-refractivity contribution >= 4 is 11.6 Å². The Labute approximate surface area is 117 Å². The van der Waals surface area contributed by atoms with Gasteiger partial charge in [-0.05, 0) is 48.9 Å². The van der Waals surface area contributed by atoms with Gasteiger partial charge in [0.05, 0.1) is 0 Å². The molecule has 2 heteroatoms. The van der Waals surface area contributed by atoms with Crippen LogP contribution in [0, 0.1) is 19.3 Å². The fraction of sp³-hybridized carbons (Fsp3) is 0.588. The molecular formula is C17H27NO. The first-order valence-electron chi connectivity index (χ1n) is 7.11. The van der Waals surface area contributed by atoms with Gasteiger partial charge < -0.3 is 4.90 Å². The van der Waals surface area contributed by atoms with Crippen molar-refractivity contribution in [3.05, 3.63) is 29.3 Å². The normalized spacial score (nSPS) is 11.5. The van der Waals surface area contributed by atoms with Crippen LogP contribution in [0.5, 0.6) is 0 Å². The molecular weight excluding hydrogens is 234 g/mol. The number of hydrogen-bond acceptors (Lipinski definition) is 1. The monoisotopic (exact) mass is 261 g/mol. The minimum Gasteiger partial charge on any atom is -0.312 e. The Hall–Kier alpha value is -1.31. The van der Waals surface area contributed by atoms with Crippen LogP contribution in [0.4, 0.5) is 5.69 Å². The average Bonchev–Trinajstić information content (AvgIpc) is 2.21. The maximum Gasteiger partial charge on any atom is 0.227 e. The summed E-state index contributed by atoms with van der Waals surface area (Å²) in [6.45, 7) is 13.4. The van der Waals surface area contributed by atoms with Gasteiger partial charge >= 0.3 is 0 Å². The fourth-order valence-corrected chi connectivity index (χ4v) is 2.28. The Morgan fingerprint density at radius 3 is 2.05 bits per heavy atom. The quantitative estimate of drug-likeness (QED) is 0.782. The molecule has 0 aliphatic heterocycles. The summed E-state index contributed by atoms with van der Waals surface area (Å²) in [5.41, 5.74) is 3.48. The molecule has 0 saturated heterocycles. The predicted molar refractivity (Wildman–Crippen MR) is 82.6 cm³/mol. The van der Waals surface area contributed by atoms with E-state index in [1.54, 1.807) is 0 Å². The van der Waals surface area contributed by atoms with Gasteiger partial charge in [-0.1, -0.05) is 33.8 Å². The first-order valence-corrected chi connectivity index (χ1v) is 7.11. The van der Waals surface area contributed by atoms with E-state index in [-0.39, 0.29) is 11.3 Å². The zero-order valence-corrected chi connectivity index (χ0v) is 13.2. The number of benzene rings is 1. The van der Waals surface area contributed by atoms with Gasteiger partial charge in [0, 0.05) is 18.7 Å². The zero-order chi connectivity index (χ0) is 14.6. The standard InChI is InChI=1S/C17H27NO/c1-7-8-18(16(19)12-17(4,5)6)15-10-13(2)9-14(3)11-15/h9-11H,7-8,12H2,1-6H3. The highest BCUT2D eigenvalue weighted by Crippen LogP contribution is 2.24. The SMILES string of the molecule is CCCN(C(=O)CC(C)(C)C)c1cc(C)cc(C)c1. The largest absolute Gasteiger partial charge is 0.312 e. The van der Waals surface area contributed by atoms with E-state index < -0.39 is 0 Å². The molecule has 0 aromatic heterocycles. The highest BCUT2D eigenvalue weighted by molar-refractivity contribution is 5.93. The molecule has 1 rings (SSSR count). The average molecular weight is 261 g/mol. The van der Waals surface area contributed by atoms with E-state index in [1.165, 1.54) is 11.1 Å². The van der Waals surface area contributed by atoms with Crippen LogP contribution in [0.1, 0.15) is 51.7 Å². The molecule has 19 heavy (non-hydrogen) atoms. The summed E-state index contributed by atoms with van der Waals surface area (Å²) < 4.78 is 0. The molecule has 2 nitrogen and oxygen atoms in total. The highest BCUT2D eigenvalue weighted by Gasteiger charge is 2.22. The van der Waals surface area contributed by atoms with Crippen molar-refractivity contribution in [3.63, 3.8) is 0 Å². The lowest BCUT2D eigenvalue weighted by atomic mass is 9.91. The second kappa shape index (κ2) is 6.23. The zero-order valence-electron chi connectivity index (χ0n) is 13.2. The van der Waals surface area contributed by atoms with Crippen LogP contribution >= 0.6 is 0 Å². The van der Waals surface area contributed by atoms with Crippen molar-refractivity contribution in [2.24, 2.45) is 5.41 Å². The Balaban J connectivity index is 3.02. The Kier molecular flexibility index (Phi) is 5.16. The van der Waals surface area contributed by atoms with Crippen molar-refractivity contribution in [2.45, 2.75) is 54.4 Å². The van der Waals surface area contributed by atoms with E-state index in [4.69, 9.17) is 0 Å². The third-order valence-electron chi connectivity index (χ3n) is 2.95. The van der Waals surface area contributed by atoms with E-state index in [0.29, 0.717) is 6.42 Å². The molecule has 0 unspecified atom stereocenters. The smallest absolute Gasteiger partial charge is 0.227 e. The van der Waals surface area contributed by atoms with Crippen LogP contribution in [-0.2, 0) is 4.79 Å². The van der Waals surface area contributed by atoms with Crippen LogP contribution in [0.15, 0.2) is 18.2 Å². The van der Waals surface area contributed by atoms with Crippen LogP contribution in [-0.4, -0.2) is 12.5 Å². The van der Waals surface area contributed by atoms with Gasteiger partial charge in [-0.15, -0.1) is 0 Å². The molecule has 0 saturated carbocycles. The highest BCUT2D eigenvalue weighted by atomic mass is 16.2. The third kappa shape index (κ3) is 5.06. The summed E-state index contributed by atoms with van der Waals surface area (Å²) in [5, 5.41) is 0. The molecule has 106 valence electrons. The van der Waals surface area contributed by atoms with Crippen LogP contribution in [0.2, 0.25) is 0 Å². The van der Waals surface area contributed by atoms with Gasteiger partial charge in [0.25, 0.3) is 0 Å². The number of aryl methyl sites for hydroxylation is 2. The molecule has 0 atom stereocenters. The van der Waals surface area contributed by atoms with Crippen molar-refractivity contribution in [1.82, 2.24) is 0 Å². The summed E-state index contributed by atoms with van der Waals surface area (Å²) in [5.74, 6) is 0.222. The number of hydrogen-bond donors (Lipinski definition) is 0. The number of anilines is 1. The van der Waals surface area contributed by atoms with E-state index in [0.717, 1.165) is 18.7 Å². The maximum atomic E-state index is 12.5. The number of carbonyl (C=O) groups excluding carboxylic acids is 1. The van der Waals surface area contributed by atoms with Crippen molar-refractivity contribution in [3.8, 4) is 0 Å². The molecule has 0 bridgehead atoms.